The molecule has 0 saturated carbocycles. The maximum atomic E-state index is 13.4. The molecule has 0 bridgehead atoms. The molecule has 82 valence electrons. The molecular formula is C10H6Cl2FN3. The average molecular weight is 258 g/mol. The molecule has 1 aromatic heterocycles. The molecule has 1 heterocycles. The number of anilines is 2. The van der Waals surface area contributed by atoms with Crippen LogP contribution in [-0.2, 0) is 0 Å². The largest absolute Gasteiger partial charge is 0.338 e. The van der Waals surface area contributed by atoms with Crippen molar-refractivity contribution in [2.24, 2.45) is 0 Å². The summed E-state index contributed by atoms with van der Waals surface area (Å²) in [6, 6.07) is 5.78. The minimum absolute atomic E-state index is 0.0902. The molecule has 2 aromatic rings. The molecule has 16 heavy (non-hydrogen) atoms. The number of hydrogen-bond donors (Lipinski definition) is 1. The Morgan fingerprint density at radius 2 is 2.00 bits per heavy atom. The Hall–Kier alpha value is -1.39. The fourth-order valence-electron chi connectivity index (χ4n) is 1.14. The zero-order valence-electron chi connectivity index (χ0n) is 7.92. The van der Waals surface area contributed by atoms with Crippen molar-refractivity contribution >= 4 is 34.7 Å². The van der Waals surface area contributed by atoms with Gasteiger partial charge in [0.15, 0.2) is 0 Å². The third kappa shape index (κ3) is 2.59. The van der Waals surface area contributed by atoms with E-state index in [2.05, 4.69) is 15.3 Å². The summed E-state index contributed by atoms with van der Waals surface area (Å²) in [5.41, 5.74) is 0.238. The van der Waals surface area contributed by atoms with Gasteiger partial charge in [-0.3, -0.25) is 0 Å². The second-order valence-corrected chi connectivity index (χ2v) is 3.73. The third-order valence-corrected chi connectivity index (χ3v) is 2.23. The molecular weight excluding hydrogens is 252 g/mol. The van der Waals surface area contributed by atoms with E-state index >= 15 is 0 Å². The van der Waals surface area contributed by atoms with Crippen LogP contribution in [0.4, 0.5) is 15.9 Å². The van der Waals surface area contributed by atoms with Gasteiger partial charge >= 0.3 is 0 Å². The Kier molecular flexibility index (Phi) is 3.22. The molecule has 0 aliphatic heterocycles. The van der Waals surface area contributed by atoms with Crippen LogP contribution in [0.15, 0.2) is 30.5 Å². The number of nitrogens with one attached hydrogen (secondary N) is 1. The lowest BCUT2D eigenvalue weighted by Crippen LogP contribution is -1.96. The van der Waals surface area contributed by atoms with Gasteiger partial charge in [-0.15, -0.1) is 0 Å². The highest BCUT2D eigenvalue weighted by atomic mass is 35.5. The zero-order chi connectivity index (χ0) is 11.5. The molecule has 0 radical (unpaired) electrons. The molecule has 0 fully saturated rings. The topological polar surface area (TPSA) is 37.8 Å². The molecule has 0 atom stereocenters. The lowest BCUT2D eigenvalue weighted by molar-refractivity contribution is 0.632. The number of aromatic nitrogens is 2. The molecule has 1 aromatic carbocycles. The summed E-state index contributed by atoms with van der Waals surface area (Å²) in [6.45, 7) is 0. The molecule has 0 unspecified atom stereocenters. The highest BCUT2D eigenvalue weighted by Crippen LogP contribution is 2.22. The first-order valence-corrected chi connectivity index (χ1v) is 5.11. The summed E-state index contributed by atoms with van der Waals surface area (Å²) in [4.78, 5) is 7.59. The van der Waals surface area contributed by atoms with Crippen LogP contribution in [0.25, 0.3) is 0 Å². The Labute approximate surface area is 101 Å². The molecule has 6 heteroatoms. The van der Waals surface area contributed by atoms with Crippen molar-refractivity contribution < 1.29 is 4.39 Å². The first-order valence-electron chi connectivity index (χ1n) is 4.36. The molecule has 0 saturated heterocycles. The van der Waals surface area contributed by atoms with E-state index in [1.54, 1.807) is 6.07 Å². The van der Waals surface area contributed by atoms with Gasteiger partial charge in [0, 0.05) is 11.2 Å². The van der Waals surface area contributed by atoms with E-state index in [1.807, 2.05) is 0 Å². The minimum Gasteiger partial charge on any atom is -0.338 e. The van der Waals surface area contributed by atoms with Crippen LogP contribution in [0, 0.1) is 5.82 Å². The van der Waals surface area contributed by atoms with Gasteiger partial charge in [0.25, 0.3) is 0 Å². The SMILES string of the molecule is Fc1ccc(Cl)cc1Nc1ccnc(Cl)n1. The van der Waals surface area contributed by atoms with E-state index in [4.69, 9.17) is 23.2 Å². The third-order valence-electron chi connectivity index (χ3n) is 1.82. The number of rotatable bonds is 2. The van der Waals surface area contributed by atoms with Crippen molar-refractivity contribution in [3.63, 3.8) is 0 Å². The first-order chi connectivity index (χ1) is 7.65. The zero-order valence-corrected chi connectivity index (χ0v) is 9.43. The normalized spacial score (nSPS) is 10.2. The van der Waals surface area contributed by atoms with Crippen LogP contribution < -0.4 is 5.32 Å². The van der Waals surface area contributed by atoms with Crippen LogP contribution in [0.2, 0.25) is 10.3 Å². The average Bonchev–Trinajstić information content (AvgIpc) is 2.24. The summed E-state index contributed by atoms with van der Waals surface area (Å²) < 4.78 is 13.4. The number of hydrogen-bond acceptors (Lipinski definition) is 3. The van der Waals surface area contributed by atoms with Crippen LogP contribution in [-0.4, -0.2) is 9.97 Å². The van der Waals surface area contributed by atoms with Gasteiger partial charge in [-0.25, -0.2) is 14.4 Å². The Balaban J connectivity index is 2.30. The van der Waals surface area contributed by atoms with E-state index in [9.17, 15) is 4.39 Å². The quantitative estimate of drug-likeness (QED) is 0.835. The van der Waals surface area contributed by atoms with Gasteiger partial charge in [0.05, 0.1) is 5.69 Å². The van der Waals surface area contributed by atoms with Crippen molar-refractivity contribution in [1.82, 2.24) is 9.97 Å². The first kappa shape index (κ1) is 11.1. The lowest BCUT2D eigenvalue weighted by Gasteiger charge is -2.06. The van der Waals surface area contributed by atoms with Gasteiger partial charge in [0.1, 0.15) is 11.6 Å². The summed E-state index contributed by atoms with van der Waals surface area (Å²) >= 11 is 11.3. The van der Waals surface area contributed by atoms with Crippen molar-refractivity contribution in [3.8, 4) is 0 Å². The van der Waals surface area contributed by atoms with E-state index in [0.717, 1.165) is 0 Å². The second kappa shape index (κ2) is 4.63. The maximum absolute atomic E-state index is 13.4. The van der Waals surface area contributed by atoms with E-state index in [1.165, 1.54) is 24.4 Å². The van der Waals surface area contributed by atoms with Gasteiger partial charge in [-0.05, 0) is 35.9 Å². The monoisotopic (exact) mass is 257 g/mol. The predicted octanol–water partition coefficient (Wildman–Crippen LogP) is 3.67. The highest BCUT2D eigenvalue weighted by Gasteiger charge is 2.04. The summed E-state index contributed by atoms with van der Waals surface area (Å²) in [6.07, 6.45) is 1.47. The van der Waals surface area contributed by atoms with Crippen molar-refractivity contribution in [2.45, 2.75) is 0 Å². The second-order valence-electron chi connectivity index (χ2n) is 2.96. The lowest BCUT2D eigenvalue weighted by atomic mass is 10.3. The maximum Gasteiger partial charge on any atom is 0.224 e. The Bertz CT molecular complexity index is 519. The fourth-order valence-corrected chi connectivity index (χ4v) is 1.46. The van der Waals surface area contributed by atoms with E-state index in [0.29, 0.717) is 10.8 Å². The Morgan fingerprint density at radius 3 is 2.75 bits per heavy atom. The molecule has 1 N–H and O–H groups in total. The summed E-state index contributed by atoms with van der Waals surface area (Å²) in [5.74, 6) is -0.0136. The smallest absolute Gasteiger partial charge is 0.224 e. The number of benzene rings is 1. The van der Waals surface area contributed by atoms with Crippen LogP contribution in [0.5, 0.6) is 0 Å². The van der Waals surface area contributed by atoms with Crippen molar-refractivity contribution in [2.75, 3.05) is 5.32 Å². The minimum atomic E-state index is -0.417. The number of nitrogens with zero attached hydrogens (tertiary/aromatic N) is 2. The molecule has 2 rings (SSSR count). The van der Waals surface area contributed by atoms with Gasteiger partial charge in [-0.2, -0.15) is 0 Å². The number of halogens is 3. The summed E-state index contributed by atoms with van der Waals surface area (Å²) in [5, 5.41) is 3.28. The Morgan fingerprint density at radius 1 is 1.19 bits per heavy atom. The molecule has 0 amide bonds. The summed E-state index contributed by atoms with van der Waals surface area (Å²) in [7, 11) is 0. The standard InChI is InChI=1S/C10H6Cl2FN3/c11-6-1-2-7(13)8(5-6)15-9-3-4-14-10(12)16-9/h1-5H,(H,14,15,16). The molecule has 0 aliphatic rings. The molecule has 0 spiro atoms. The van der Waals surface area contributed by atoms with E-state index in [-0.39, 0.29) is 11.0 Å². The van der Waals surface area contributed by atoms with Crippen LogP contribution >= 0.6 is 23.2 Å². The van der Waals surface area contributed by atoms with Gasteiger partial charge < -0.3 is 5.32 Å². The highest BCUT2D eigenvalue weighted by molar-refractivity contribution is 6.30. The van der Waals surface area contributed by atoms with E-state index < -0.39 is 5.82 Å². The van der Waals surface area contributed by atoms with Crippen molar-refractivity contribution in [3.05, 3.63) is 46.6 Å². The molecule has 0 aliphatic carbocycles. The van der Waals surface area contributed by atoms with Crippen molar-refractivity contribution in [1.29, 1.82) is 0 Å². The van der Waals surface area contributed by atoms with Crippen LogP contribution in [0.3, 0.4) is 0 Å². The van der Waals surface area contributed by atoms with Crippen LogP contribution in [0.1, 0.15) is 0 Å². The van der Waals surface area contributed by atoms with Gasteiger partial charge in [-0.1, -0.05) is 11.6 Å². The fraction of sp³-hybridized carbons (Fsp3) is 0. The predicted molar refractivity (Wildman–Crippen MR) is 61.7 cm³/mol. The molecule has 3 nitrogen and oxygen atoms in total. The van der Waals surface area contributed by atoms with Gasteiger partial charge in [0.2, 0.25) is 5.28 Å².